The second-order valence-electron chi connectivity index (χ2n) is 4.51. The molecule has 1 aromatic heterocycles. The Labute approximate surface area is 123 Å². The molecule has 0 atom stereocenters. The molecule has 0 fully saturated rings. The van der Waals surface area contributed by atoms with Crippen LogP contribution in [0.25, 0.3) is 0 Å². The molecule has 0 saturated heterocycles. The molecule has 1 N–H and O–H groups in total. The second kappa shape index (κ2) is 6.48. The van der Waals surface area contributed by atoms with Crippen molar-refractivity contribution in [2.75, 3.05) is 19.4 Å². The van der Waals surface area contributed by atoms with E-state index in [2.05, 4.69) is 21.4 Å². The maximum Gasteiger partial charge on any atom is 0.274 e. The molecule has 0 saturated carbocycles. The minimum absolute atomic E-state index is 0.215. The molecule has 0 bridgehead atoms. The number of hydrogen-bond acceptors (Lipinski definition) is 5. The molecule has 0 radical (unpaired) electrons. The van der Waals surface area contributed by atoms with Gasteiger partial charge in [-0.05, 0) is 17.7 Å². The number of rotatable bonds is 4. The molecular formula is C15H15N5O. The van der Waals surface area contributed by atoms with Crippen LogP contribution in [0.3, 0.4) is 0 Å². The Morgan fingerprint density at radius 2 is 2.19 bits per heavy atom. The normalized spacial score (nSPS) is 9.76. The molecule has 21 heavy (non-hydrogen) atoms. The smallest absolute Gasteiger partial charge is 0.274 e. The van der Waals surface area contributed by atoms with Gasteiger partial charge in [0.2, 0.25) is 0 Å². The highest BCUT2D eigenvalue weighted by Gasteiger charge is 2.14. The molecule has 6 heteroatoms. The Morgan fingerprint density at radius 1 is 1.38 bits per heavy atom. The molecule has 106 valence electrons. The summed E-state index contributed by atoms with van der Waals surface area (Å²) in [7, 11) is 3.43. The van der Waals surface area contributed by atoms with Gasteiger partial charge in [0.05, 0.1) is 24.0 Å². The highest BCUT2D eigenvalue weighted by Crippen LogP contribution is 2.09. The van der Waals surface area contributed by atoms with E-state index in [1.165, 1.54) is 12.4 Å². The lowest BCUT2D eigenvalue weighted by molar-refractivity contribution is 0.0779. The standard InChI is InChI=1S/C15H15N5O/c1-17-14-9-18-13(8-19-14)15(21)20(2)10-12-5-3-4-11(6-12)7-16/h3-6,8-9H,10H2,1-2H3,(H,17,19). The van der Waals surface area contributed by atoms with Crippen molar-refractivity contribution < 1.29 is 4.79 Å². The zero-order chi connectivity index (χ0) is 15.2. The van der Waals surface area contributed by atoms with E-state index < -0.39 is 0 Å². The van der Waals surface area contributed by atoms with E-state index in [4.69, 9.17) is 5.26 Å². The number of nitriles is 1. The third-order valence-corrected chi connectivity index (χ3v) is 2.95. The van der Waals surface area contributed by atoms with Gasteiger partial charge in [0.25, 0.3) is 5.91 Å². The Hall–Kier alpha value is -2.94. The van der Waals surface area contributed by atoms with Gasteiger partial charge in [-0.25, -0.2) is 9.97 Å². The largest absolute Gasteiger partial charge is 0.372 e. The minimum atomic E-state index is -0.215. The predicted molar refractivity (Wildman–Crippen MR) is 78.5 cm³/mol. The van der Waals surface area contributed by atoms with Gasteiger partial charge in [-0.2, -0.15) is 5.26 Å². The van der Waals surface area contributed by atoms with Gasteiger partial charge in [0, 0.05) is 20.6 Å². The fourth-order valence-corrected chi connectivity index (χ4v) is 1.85. The molecule has 0 aliphatic rings. The van der Waals surface area contributed by atoms with Crippen LogP contribution in [0.2, 0.25) is 0 Å². The lowest BCUT2D eigenvalue weighted by atomic mass is 10.1. The highest BCUT2D eigenvalue weighted by molar-refractivity contribution is 5.91. The first kappa shape index (κ1) is 14.5. The van der Waals surface area contributed by atoms with Crippen LogP contribution in [0.5, 0.6) is 0 Å². The summed E-state index contributed by atoms with van der Waals surface area (Å²) in [5, 5.41) is 11.7. The number of carbonyl (C=O) groups is 1. The fourth-order valence-electron chi connectivity index (χ4n) is 1.85. The molecule has 1 heterocycles. The summed E-state index contributed by atoms with van der Waals surface area (Å²) in [6, 6.07) is 9.25. The van der Waals surface area contributed by atoms with Gasteiger partial charge >= 0.3 is 0 Å². The van der Waals surface area contributed by atoms with Crippen molar-refractivity contribution in [3.63, 3.8) is 0 Å². The van der Waals surface area contributed by atoms with E-state index in [-0.39, 0.29) is 11.6 Å². The molecule has 1 aromatic carbocycles. The fraction of sp³-hybridized carbons (Fsp3) is 0.200. The predicted octanol–water partition coefficient (Wildman–Crippen LogP) is 1.66. The summed E-state index contributed by atoms with van der Waals surface area (Å²) in [5.41, 5.74) is 1.75. The molecule has 0 aliphatic heterocycles. The number of nitrogens with one attached hydrogen (secondary N) is 1. The van der Waals surface area contributed by atoms with Crippen LogP contribution in [-0.4, -0.2) is 34.9 Å². The molecule has 0 spiro atoms. The first-order valence-corrected chi connectivity index (χ1v) is 6.38. The van der Waals surface area contributed by atoms with E-state index in [0.717, 1.165) is 5.56 Å². The van der Waals surface area contributed by atoms with Gasteiger partial charge in [0.1, 0.15) is 11.5 Å². The molecule has 1 amide bonds. The molecule has 0 unspecified atom stereocenters. The first-order valence-electron chi connectivity index (χ1n) is 6.38. The van der Waals surface area contributed by atoms with Crippen LogP contribution in [0.15, 0.2) is 36.7 Å². The zero-order valence-corrected chi connectivity index (χ0v) is 11.9. The number of carbonyl (C=O) groups excluding carboxylic acids is 1. The SMILES string of the molecule is CNc1cnc(C(=O)N(C)Cc2cccc(C#N)c2)cn1. The molecular weight excluding hydrogens is 266 g/mol. The Morgan fingerprint density at radius 3 is 2.81 bits per heavy atom. The Bertz CT molecular complexity index is 675. The van der Waals surface area contributed by atoms with Crippen molar-refractivity contribution in [1.29, 1.82) is 5.26 Å². The summed E-state index contributed by atoms with van der Waals surface area (Å²) >= 11 is 0. The average molecular weight is 281 g/mol. The number of nitrogens with zero attached hydrogens (tertiary/aromatic N) is 4. The monoisotopic (exact) mass is 281 g/mol. The van der Waals surface area contributed by atoms with Crippen LogP contribution in [-0.2, 0) is 6.54 Å². The molecule has 2 rings (SSSR count). The van der Waals surface area contributed by atoms with Gasteiger partial charge in [-0.3, -0.25) is 4.79 Å². The van der Waals surface area contributed by atoms with Crippen molar-refractivity contribution >= 4 is 11.7 Å². The summed E-state index contributed by atoms with van der Waals surface area (Å²) in [5.74, 6) is 0.392. The average Bonchev–Trinajstić information content (AvgIpc) is 2.54. The number of hydrogen-bond donors (Lipinski definition) is 1. The quantitative estimate of drug-likeness (QED) is 0.921. The first-order chi connectivity index (χ1) is 10.1. The van der Waals surface area contributed by atoms with E-state index in [0.29, 0.717) is 17.9 Å². The number of benzene rings is 1. The Kier molecular flexibility index (Phi) is 4.46. The summed E-state index contributed by atoms with van der Waals surface area (Å²) in [6.45, 7) is 0.407. The third-order valence-electron chi connectivity index (χ3n) is 2.95. The van der Waals surface area contributed by atoms with Gasteiger partial charge in [0.15, 0.2) is 0 Å². The van der Waals surface area contributed by atoms with Crippen LogP contribution in [0.4, 0.5) is 5.82 Å². The third kappa shape index (κ3) is 3.54. The van der Waals surface area contributed by atoms with Crippen molar-refractivity contribution in [3.05, 3.63) is 53.5 Å². The summed E-state index contributed by atoms with van der Waals surface area (Å²) < 4.78 is 0. The lowest BCUT2D eigenvalue weighted by Crippen LogP contribution is -2.27. The second-order valence-corrected chi connectivity index (χ2v) is 4.51. The van der Waals surface area contributed by atoms with Crippen LogP contribution >= 0.6 is 0 Å². The van der Waals surface area contributed by atoms with Crippen molar-refractivity contribution in [1.82, 2.24) is 14.9 Å². The van der Waals surface area contributed by atoms with Gasteiger partial charge in [-0.1, -0.05) is 12.1 Å². The topological polar surface area (TPSA) is 81.9 Å². The van der Waals surface area contributed by atoms with Gasteiger partial charge in [-0.15, -0.1) is 0 Å². The number of anilines is 1. The zero-order valence-electron chi connectivity index (χ0n) is 11.9. The van der Waals surface area contributed by atoms with Gasteiger partial charge < -0.3 is 10.2 Å². The summed E-state index contributed by atoms with van der Waals surface area (Å²) in [4.78, 5) is 21.9. The van der Waals surface area contributed by atoms with Crippen LogP contribution in [0.1, 0.15) is 21.6 Å². The van der Waals surface area contributed by atoms with E-state index in [1.54, 1.807) is 37.2 Å². The highest BCUT2D eigenvalue weighted by atomic mass is 16.2. The Balaban J connectivity index is 2.09. The molecule has 6 nitrogen and oxygen atoms in total. The van der Waals surface area contributed by atoms with E-state index >= 15 is 0 Å². The van der Waals surface area contributed by atoms with Crippen molar-refractivity contribution in [2.24, 2.45) is 0 Å². The minimum Gasteiger partial charge on any atom is -0.372 e. The molecule has 0 aliphatic carbocycles. The van der Waals surface area contributed by atoms with E-state index in [9.17, 15) is 4.79 Å². The van der Waals surface area contributed by atoms with E-state index in [1.807, 2.05) is 6.07 Å². The number of amides is 1. The number of aromatic nitrogens is 2. The lowest BCUT2D eigenvalue weighted by Gasteiger charge is -2.16. The van der Waals surface area contributed by atoms with Crippen molar-refractivity contribution in [3.8, 4) is 6.07 Å². The summed E-state index contributed by atoms with van der Waals surface area (Å²) in [6.07, 6.45) is 2.95. The van der Waals surface area contributed by atoms with Crippen LogP contribution in [0, 0.1) is 11.3 Å². The maximum atomic E-state index is 12.2. The maximum absolute atomic E-state index is 12.2. The molecule has 2 aromatic rings. The van der Waals surface area contributed by atoms with Crippen LogP contribution < -0.4 is 5.32 Å². The van der Waals surface area contributed by atoms with Crippen molar-refractivity contribution in [2.45, 2.75) is 6.54 Å².